The lowest BCUT2D eigenvalue weighted by atomic mass is 9.68. The Morgan fingerprint density at radius 2 is 1.18 bits per heavy atom. The number of methoxy groups -OCH3 is 1. The van der Waals surface area contributed by atoms with Gasteiger partial charge in [-0.15, -0.1) is 0 Å². The molecule has 0 aliphatic heterocycles. The smallest absolute Gasteiger partial charge is 0.407 e. The van der Waals surface area contributed by atoms with Crippen LogP contribution in [0, 0.1) is 0 Å². The molecule has 0 unspecified atom stereocenters. The third-order valence-corrected chi connectivity index (χ3v) is 14.8. The number of amides is 2. The van der Waals surface area contributed by atoms with Crippen LogP contribution in [0.3, 0.4) is 0 Å². The van der Waals surface area contributed by atoms with E-state index >= 15 is 0 Å². The van der Waals surface area contributed by atoms with E-state index in [1.165, 1.54) is 21.5 Å². The Hall–Kier alpha value is -4.93. The summed E-state index contributed by atoms with van der Waals surface area (Å²) in [6, 6.07) is 50.3. The van der Waals surface area contributed by atoms with Gasteiger partial charge in [0.15, 0.2) is 0 Å². The maximum Gasteiger partial charge on any atom is 0.407 e. The molecule has 0 spiro atoms. The Morgan fingerprint density at radius 3 is 1.73 bits per heavy atom. The lowest BCUT2D eigenvalue weighted by molar-refractivity contribution is 0.0565. The molecule has 0 aromatic heterocycles. The highest BCUT2D eigenvalue weighted by atomic mass is 31.2. The first-order valence-corrected chi connectivity index (χ1v) is 20.0. The average Bonchev–Trinajstić information content (AvgIpc) is 3.20. The Bertz CT molecular complexity index is 1730. The zero-order valence-corrected chi connectivity index (χ0v) is 30.3. The second-order valence-corrected chi connectivity index (χ2v) is 16.9. The summed E-state index contributed by atoms with van der Waals surface area (Å²) in [5.74, 6) is 0.396. The minimum atomic E-state index is -1.89. The van der Waals surface area contributed by atoms with Crippen LogP contribution in [0.15, 0.2) is 146 Å². The normalized spacial score (nSPS) is 17.2. The average molecular weight is 700 g/mol. The van der Waals surface area contributed by atoms with Crippen molar-refractivity contribution in [2.24, 2.45) is 0 Å². The van der Waals surface area contributed by atoms with Crippen LogP contribution in [0.2, 0.25) is 0 Å². The minimum absolute atomic E-state index is 0.156. The van der Waals surface area contributed by atoms with Crippen LogP contribution in [-0.4, -0.2) is 44.5 Å². The number of benzene rings is 5. The highest BCUT2D eigenvalue weighted by Crippen LogP contribution is 2.55. The second-order valence-electron chi connectivity index (χ2n) is 13.3. The summed E-state index contributed by atoms with van der Waals surface area (Å²) in [5, 5.41) is 10.3. The predicted octanol–water partition coefficient (Wildman–Crippen LogP) is 7.81. The van der Waals surface area contributed by atoms with Gasteiger partial charge in [-0.1, -0.05) is 97.1 Å². The Kier molecular flexibility index (Phi) is 12.2. The van der Waals surface area contributed by atoms with Crippen molar-refractivity contribution in [3.8, 4) is 5.75 Å². The van der Waals surface area contributed by atoms with Gasteiger partial charge in [-0.25, -0.2) is 4.79 Å². The van der Waals surface area contributed by atoms with Crippen LogP contribution < -0.4 is 31.3 Å². The van der Waals surface area contributed by atoms with E-state index in [0.717, 1.165) is 44.7 Å². The molecule has 6 rings (SSSR count). The fourth-order valence-electron chi connectivity index (χ4n) is 7.54. The highest BCUT2D eigenvalue weighted by molar-refractivity contribution is 7.95. The summed E-state index contributed by atoms with van der Waals surface area (Å²) in [7, 11) is -0.320. The first-order valence-electron chi connectivity index (χ1n) is 18.0. The van der Waals surface area contributed by atoms with Gasteiger partial charge in [0, 0.05) is 18.5 Å². The quantitative estimate of drug-likeness (QED) is 0.0917. The summed E-state index contributed by atoms with van der Waals surface area (Å²) in [6.07, 6.45) is 5.37. The lowest BCUT2D eigenvalue weighted by Crippen LogP contribution is -2.45. The van der Waals surface area contributed by atoms with Gasteiger partial charge in [0.1, 0.15) is 35.0 Å². The van der Waals surface area contributed by atoms with Crippen molar-refractivity contribution >= 4 is 35.2 Å². The summed E-state index contributed by atoms with van der Waals surface area (Å²) in [5.41, 5.74) is 1.46. The van der Waals surface area contributed by atoms with Gasteiger partial charge in [0.05, 0.1) is 18.8 Å². The molecule has 51 heavy (non-hydrogen) atoms. The summed E-state index contributed by atoms with van der Waals surface area (Å²) < 4.78 is 11.4. The predicted molar refractivity (Wildman–Crippen MR) is 209 cm³/mol. The van der Waals surface area contributed by atoms with Gasteiger partial charge in [-0.05, 0) is 92.6 Å². The van der Waals surface area contributed by atoms with Crippen molar-refractivity contribution in [1.82, 2.24) is 10.6 Å². The maximum atomic E-state index is 13.2. The summed E-state index contributed by atoms with van der Waals surface area (Å²) >= 11 is 0. The molecule has 5 aromatic carbocycles. The zero-order chi connectivity index (χ0) is 35.4. The molecule has 6 nitrogen and oxygen atoms in total. The molecule has 0 radical (unpaired) electrons. The van der Waals surface area contributed by atoms with Crippen LogP contribution in [-0.2, 0) is 10.2 Å². The Balaban J connectivity index is 1.04. The number of ether oxygens (including phenoxy) is 2. The van der Waals surface area contributed by atoms with E-state index in [1.807, 2.05) is 30.3 Å². The van der Waals surface area contributed by atoms with E-state index in [9.17, 15) is 9.59 Å². The molecule has 0 atom stereocenters. The fourth-order valence-corrected chi connectivity index (χ4v) is 11.9. The minimum Gasteiger partial charge on any atom is -0.496 e. The number of hydrogen-bond acceptors (Lipinski definition) is 4. The molecule has 1 fully saturated rings. The van der Waals surface area contributed by atoms with Gasteiger partial charge in [-0.3, -0.25) is 4.79 Å². The van der Waals surface area contributed by atoms with E-state index in [1.54, 1.807) is 19.2 Å². The van der Waals surface area contributed by atoms with Crippen LogP contribution >= 0.6 is 7.26 Å². The molecule has 0 heterocycles. The number of carbonyl (C=O) groups excluding carboxylic acids is 2. The molecule has 0 saturated heterocycles. The molecule has 2 amide bonds. The number of carbonyl (C=O) groups is 2. The number of hydrogen-bond donors (Lipinski definition) is 2. The third-order valence-electron chi connectivity index (χ3n) is 10.3. The number of nitrogens with one attached hydrogen (secondary N) is 2. The molecule has 1 saturated carbocycles. The maximum absolute atomic E-state index is 13.2. The van der Waals surface area contributed by atoms with E-state index in [4.69, 9.17) is 9.47 Å². The molecule has 262 valence electrons. The van der Waals surface area contributed by atoms with Crippen LogP contribution in [0.5, 0.6) is 5.75 Å². The number of alkyl carbamates (subject to hydrolysis) is 1. The van der Waals surface area contributed by atoms with Gasteiger partial charge in [-0.2, -0.15) is 0 Å². The molecule has 1 aliphatic carbocycles. The monoisotopic (exact) mass is 699 g/mol. The van der Waals surface area contributed by atoms with E-state index in [2.05, 4.69) is 114 Å². The standard InChI is InChI=1S/C44H47N2O4P/c1-49-41-27-15-14-26-40(41)42(47)46-34-44(35-18-6-2-7-19-35)30-28-36(29-31-44)50-43(48)45-32-16-17-33-51(37-20-8-3-9-21-37,38-22-10-4-11-23-38)39-24-12-5-13-25-39/h2-15,18-27,36H,16-17,28-34H2,1H3,(H-,45,46,47,48)/p+1. The molecular formula is C44H48N2O4P+. The van der Waals surface area contributed by atoms with Crippen molar-refractivity contribution in [3.63, 3.8) is 0 Å². The molecule has 7 heteroatoms. The van der Waals surface area contributed by atoms with Crippen molar-refractivity contribution < 1.29 is 19.1 Å². The van der Waals surface area contributed by atoms with Crippen LogP contribution in [0.1, 0.15) is 54.4 Å². The lowest BCUT2D eigenvalue weighted by Gasteiger charge is -2.40. The highest BCUT2D eigenvalue weighted by Gasteiger charge is 2.44. The molecule has 1 aliphatic rings. The summed E-state index contributed by atoms with van der Waals surface area (Å²) in [4.78, 5) is 26.2. The fraction of sp³-hybridized carbons (Fsp3) is 0.273. The first kappa shape index (κ1) is 35.9. The van der Waals surface area contributed by atoms with Crippen molar-refractivity contribution in [2.75, 3.05) is 26.4 Å². The third kappa shape index (κ3) is 8.52. The van der Waals surface area contributed by atoms with E-state index in [0.29, 0.717) is 24.4 Å². The number of unbranched alkanes of at least 4 members (excludes halogenated alkanes) is 1. The zero-order valence-electron chi connectivity index (χ0n) is 29.4. The topological polar surface area (TPSA) is 76.7 Å². The van der Waals surface area contributed by atoms with Gasteiger partial charge in [0.25, 0.3) is 5.91 Å². The number of para-hydroxylation sites is 1. The van der Waals surface area contributed by atoms with Crippen LogP contribution in [0.4, 0.5) is 4.79 Å². The number of rotatable bonds is 14. The first-order chi connectivity index (χ1) is 25.0. The van der Waals surface area contributed by atoms with Crippen LogP contribution in [0.25, 0.3) is 0 Å². The Morgan fingerprint density at radius 1 is 0.667 bits per heavy atom. The van der Waals surface area contributed by atoms with Crippen molar-refractivity contribution in [2.45, 2.75) is 50.0 Å². The largest absolute Gasteiger partial charge is 0.496 e. The molecular weight excluding hydrogens is 651 g/mol. The SMILES string of the molecule is COc1ccccc1C(=O)NCC1(c2ccccc2)CCC(OC(=O)NCCCC[P+](c2ccccc2)(c2ccccc2)c2ccccc2)CC1. The molecule has 5 aromatic rings. The molecule has 0 bridgehead atoms. The van der Waals surface area contributed by atoms with Gasteiger partial charge in [0.2, 0.25) is 0 Å². The van der Waals surface area contributed by atoms with E-state index < -0.39 is 7.26 Å². The van der Waals surface area contributed by atoms with Crippen molar-refractivity contribution in [1.29, 1.82) is 0 Å². The molecule has 2 N–H and O–H groups in total. The van der Waals surface area contributed by atoms with Crippen molar-refractivity contribution in [3.05, 3.63) is 157 Å². The summed E-state index contributed by atoms with van der Waals surface area (Å²) in [6.45, 7) is 1.05. The van der Waals surface area contributed by atoms with E-state index in [-0.39, 0.29) is 23.5 Å². The second kappa shape index (κ2) is 17.3. The Labute approximate surface area is 302 Å². The van der Waals surface area contributed by atoms with Gasteiger partial charge >= 0.3 is 6.09 Å². The van der Waals surface area contributed by atoms with Gasteiger partial charge < -0.3 is 20.1 Å².